The fourth-order valence-electron chi connectivity index (χ4n) is 0.958. The maximum atomic E-state index is 11.5. The van der Waals surface area contributed by atoms with E-state index in [-0.39, 0.29) is 13.2 Å². The van der Waals surface area contributed by atoms with Crippen molar-refractivity contribution < 1.29 is 19.1 Å². The number of hydrogen-bond acceptors (Lipinski definition) is 4. The van der Waals surface area contributed by atoms with Gasteiger partial charge in [0.25, 0.3) is 0 Å². The van der Waals surface area contributed by atoms with Gasteiger partial charge in [-0.2, -0.15) is 0 Å². The van der Waals surface area contributed by atoms with Gasteiger partial charge in [0.15, 0.2) is 5.92 Å². The molecule has 0 fully saturated rings. The average Bonchev–Trinajstić information content (AvgIpc) is 2.30. The van der Waals surface area contributed by atoms with Gasteiger partial charge in [-0.1, -0.05) is 22.5 Å². The highest BCUT2D eigenvalue weighted by molar-refractivity contribution is 9.09. The molecule has 0 aromatic rings. The first-order valence-corrected chi connectivity index (χ1v) is 8.45. The fraction of sp³-hybridized carbons (Fsp3) is 0.667. The summed E-state index contributed by atoms with van der Waals surface area (Å²) in [7, 11) is 0. The van der Waals surface area contributed by atoms with Crippen LogP contribution in [-0.4, -0.2) is 43.0 Å². The minimum Gasteiger partial charge on any atom is -0.465 e. The summed E-state index contributed by atoms with van der Waals surface area (Å²) in [5.74, 6) is -2.25. The number of ether oxygens (including phenoxy) is 2. The van der Waals surface area contributed by atoms with E-state index in [0.717, 1.165) is 0 Å². The Balaban J connectivity index is 0. The van der Waals surface area contributed by atoms with Crippen LogP contribution in [0.5, 0.6) is 0 Å². The molecule has 0 aliphatic rings. The predicted octanol–water partition coefficient (Wildman–Crippen LogP) is 1.74. The number of halogens is 1. The first kappa shape index (κ1) is 19.8. The summed E-state index contributed by atoms with van der Waals surface area (Å²) in [5, 5.41) is 0.356. The highest BCUT2D eigenvalue weighted by Crippen LogP contribution is 2.15. The molecule has 0 aliphatic heterocycles. The van der Waals surface area contributed by atoms with Crippen molar-refractivity contribution in [3.05, 3.63) is 12.2 Å². The minimum atomic E-state index is -1.02. The van der Waals surface area contributed by atoms with Crippen molar-refractivity contribution in [2.75, 3.05) is 31.1 Å². The fourth-order valence-corrected chi connectivity index (χ4v) is 1.28. The van der Waals surface area contributed by atoms with E-state index in [1.54, 1.807) is 13.8 Å². The minimum absolute atomic E-state index is 0.226. The molecule has 0 unspecified atom stereocenters. The van der Waals surface area contributed by atoms with Crippen molar-refractivity contribution in [2.45, 2.75) is 13.8 Å². The molecule has 18 heavy (non-hydrogen) atoms. The highest BCUT2D eigenvalue weighted by Gasteiger charge is 2.31. The van der Waals surface area contributed by atoms with Crippen LogP contribution in [0.4, 0.5) is 0 Å². The second-order valence-corrected chi connectivity index (χ2v) is 4.63. The zero-order chi connectivity index (χ0) is 14.6. The SMILES string of the molecule is C=C(CBr)C(C(=O)OCC)C(=O)OCC.C[SH+]C. The molecule has 0 amide bonds. The van der Waals surface area contributed by atoms with E-state index in [0.29, 0.717) is 10.9 Å². The summed E-state index contributed by atoms with van der Waals surface area (Å²) in [6, 6.07) is 0. The molecule has 0 spiro atoms. The van der Waals surface area contributed by atoms with Gasteiger partial charge in [0, 0.05) is 5.33 Å². The third kappa shape index (κ3) is 8.58. The van der Waals surface area contributed by atoms with Crippen molar-refractivity contribution in [3.8, 4) is 0 Å². The second kappa shape index (κ2) is 13.0. The summed E-state index contributed by atoms with van der Waals surface area (Å²) in [4.78, 5) is 22.9. The average molecular weight is 342 g/mol. The maximum absolute atomic E-state index is 11.5. The first-order valence-electron chi connectivity index (χ1n) is 5.54. The number of esters is 2. The Labute approximate surface area is 122 Å². The lowest BCUT2D eigenvalue weighted by Crippen LogP contribution is -2.30. The van der Waals surface area contributed by atoms with Crippen molar-refractivity contribution in [3.63, 3.8) is 0 Å². The van der Waals surface area contributed by atoms with Gasteiger partial charge in [0.05, 0.1) is 25.7 Å². The normalized spacial score (nSPS) is 9.22. The molecule has 6 heteroatoms. The Morgan fingerprint density at radius 3 is 1.72 bits per heavy atom. The van der Waals surface area contributed by atoms with Crippen LogP contribution in [0, 0.1) is 5.92 Å². The van der Waals surface area contributed by atoms with Gasteiger partial charge < -0.3 is 9.47 Å². The second-order valence-electron chi connectivity index (χ2n) is 3.18. The van der Waals surface area contributed by atoms with E-state index in [4.69, 9.17) is 9.47 Å². The Hall–Kier alpha value is -0.490. The molecule has 0 saturated heterocycles. The molecule has 0 heterocycles. The van der Waals surface area contributed by atoms with Crippen LogP contribution >= 0.6 is 15.9 Å². The van der Waals surface area contributed by atoms with Gasteiger partial charge in [-0.15, -0.1) is 0 Å². The Kier molecular flexibility index (Phi) is 14.3. The summed E-state index contributed by atoms with van der Waals surface area (Å²) >= 11 is 4.56. The van der Waals surface area contributed by atoms with Crippen LogP contribution in [0.1, 0.15) is 13.8 Å². The quantitative estimate of drug-likeness (QED) is 0.184. The predicted molar refractivity (Wildman–Crippen MR) is 80.3 cm³/mol. The molecule has 0 aromatic carbocycles. The lowest BCUT2D eigenvalue weighted by atomic mass is 10.0. The van der Waals surface area contributed by atoms with Gasteiger partial charge >= 0.3 is 11.9 Å². The lowest BCUT2D eigenvalue weighted by molar-refractivity contribution is -0.159. The van der Waals surface area contributed by atoms with E-state index in [2.05, 4.69) is 35.0 Å². The molecule has 4 nitrogen and oxygen atoms in total. The van der Waals surface area contributed by atoms with E-state index in [1.165, 1.54) is 11.8 Å². The number of thiol groups is 1. The Morgan fingerprint density at radius 1 is 1.17 bits per heavy atom. The van der Waals surface area contributed by atoms with E-state index in [1.807, 2.05) is 0 Å². The van der Waals surface area contributed by atoms with E-state index < -0.39 is 17.9 Å². The molecular formula is C12H22BrO4S+. The zero-order valence-corrected chi connectivity index (χ0v) is 13.8. The molecule has 0 rings (SSSR count). The first-order chi connectivity index (χ1) is 8.49. The van der Waals surface area contributed by atoms with Gasteiger partial charge in [-0.25, -0.2) is 0 Å². The van der Waals surface area contributed by atoms with Gasteiger partial charge in [0.2, 0.25) is 0 Å². The van der Waals surface area contributed by atoms with Crippen LogP contribution in [0.3, 0.4) is 0 Å². The summed E-state index contributed by atoms with van der Waals surface area (Å²) < 4.78 is 9.55. The summed E-state index contributed by atoms with van der Waals surface area (Å²) in [6.45, 7) is 7.44. The number of alkyl halides is 1. The molecule has 106 valence electrons. The monoisotopic (exact) mass is 341 g/mol. The third-order valence-electron chi connectivity index (χ3n) is 1.62. The van der Waals surface area contributed by atoms with Gasteiger partial charge in [-0.3, -0.25) is 9.59 Å². The molecule has 0 atom stereocenters. The van der Waals surface area contributed by atoms with Crippen molar-refractivity contribution in [2.24, 2.45) is 5.92 Å². The number of rotatable bonds is 6. The van der Waals surface area contributed by atoms with Crippen LogP contribution in [-0.2, 0) is 30.8 Å². The molecule has 0 radical (unpaired) electrons. The standard InChI is InChI=1S/C10H15BrO4.C2H6S/c1-4-14-9(12)8(7(3)6-11)10(13)15-5-2;1-3-2/h8H,3-6H2,1-2H3;1-2H3/p+1. The lowest BCUT2D eigenvalue weighted by Gasteiger charge is -2.14. The van der Waals surface area contributed by atoms with E-state index in [9.17, 15) is 9.59 Å². The molecular weight excluding hydrogens is 320 g/mol. The topological polar surface area (TPSA) is 52.6 Å². The number of carbonyl (C=O) groups is 2. The molecule has 0 N–H and O–H groups in total. The summed E-state index contributed by atoms with van der Waals surface area (Å²) in [5.41, 5.74) is 0.437. The highest BCUT2D eigenvalue weighted by atomic mass is 79.9. The van der Waals surface area contributed by atoms with E-state index >= 15 is 0 Å². The largest absolute Gasteiger partial charge is 0.465 e. The molecule has 0 saturated carbocycles. The Bertz CT molecular complexity index is 251. The smallest absolute Gasteiger partial charge is 0.324 e. The maximum Gasteiger partial charge on any atom is 0.324 e. The van der Waals surface area contributed by atoms with Crippen LogP contribution in [0.2, 0.25) is 0 Å². The number of carbonyl (C=O) groups excluding carboxylic acids is 2. The zero-order valence-electron chi connectivity index (χ0n) is 11.4. The Morgan fingerprint density at radius 2 is 1.50 bits per heavy atom. The molecule has 0 bridgehead atoms. The van der Waals surface area contributed by atoms with Crippen LogP contribution in [0.25, 0.3) is 0 Å². The third-order valence-corrected chi connectivity index (χ3v) is 2.34. The van der Waals surface area contributed by atoms with Gasteiger partial charge in [-0.05, 0) is 31.2 Å². The summed E-state index contributed by atoms with van der Waals surface area (Å²) in [6.07, 6.45) is 4.19. The van der Waals surface area contributed by atoms with Crippen LogP contribution < -0.4 is 0 Å². The van der Waals surface area contributed by atoms with Crippen molar-refractivity contribution in [1.82, 2.24) is 0 Å². The number of hydrogen-bond donors (Lipinski definition) is 0. The molecule has 0 aromatic heterocycles. The van der Waals surface area contributed by atoms with Crippen molar-refractivity contribution in [1.29, 1.82) is 0 Å². The van der Waals surface area contributed by atoms with Crippen molar-refractivity contribution >= 4 is 39.6 Å². The van der Waals surface area contributed by atoms with Gasteiger partial charge in [0.1, 0.15) is 0 Å². The van der Waals surface area contributed by atoms with Crippen LogP contribution in [0.15, 0.2) is 12.2 Å². The molecule has 0 aliphatic carbocycles.